The molecule has 6 nitrogen and oxygen atoms in total. The lowest BCUT2D eigenvalue weighted by Crippen LogP contribution is -2.49. The van der Waals surface area contributed by atoms with E-state index >= 15 is 0 Å². The summed E-state index contributed by atoms with van der Waals surface area (Å²) in [6.45, 7) is 6.99. The Bertz CT molecular complexity index is 812. The van der Waals surface area contributed by atoms with Crippen molar-refractivity contribution in [2.75, 3.05) is 26.2 Å². The van der Waals surface area contributed by atoms with Crippen LogP contribution in [0.2, 0.25) is 0 Å². The predicted octanol–water partition coefficient (Wildman–Crippen LogP) is 1.34. The van der Waals surface area contributed by atoms with Gasteiger partial charge in [-0.2, -0.15) is 0 Å². The molecule has 2 aliphatic rings. The van der Waals surface area contributed by atoms with Crippen molar-refractivity contribution in [3.63, 3.8) is 0 Å². The lowest BCUT2D eigenvalue weighted by Gasteiger charge is -2.37. The molecule has 1 saturated heterocycles. The van der Waals surface area contributed by atoms with E-state index in [1.165, 1.54) is 11.3 Å². The lowest BCUT2D eigenvalue weighted by atomic mass is 10.1. The number of rotatable bonds is 4. The molecule has 2 aromatic rings. The van der Waals surface area contributed by atoms with Gasteiger partial charge in [-0.1, -0.05) is 6.07 Å². The van der Waals surface area contributed by atoms with Crippen molar-refractivity contribution >= 4 is 11.0 Å². The van der Waals surface area contributed by atoms with Gasteiger partial charge in [0.2, 0.25) is 0 Å². The third kappa shape index (κ3) is 3.58. The fraction of sp³-hybridized carbons (Fsp3) is 0.368. The first-order valence-electron chi connectivity index (χ1n) is 8.85. The van der Waals surface area contributed by atoms with Crippen molar-refractivity contribution < 1.29 is 0 Å². The largest absolute Gasteiger partial charge is 0.386 e. The summed E-state index contributed by atoms with van der Waals surface area (Å²) in [5.41, 5.74) is 5.52. The third-order valence-corrected chi connectivity index (χ3v) is 4.66. The van der Waals surface area contributed by atoms with Gasteiger partial charge in [-0.15, -0.1) is 0 Å². The van der Waals surface area contributed by atoms with Gasteiger partial charge in [0.25, 0.3) is 0 Å². The molecule has 1 aromatic heterocycles. The molecule has 0 spiro atoms. The number of fused-ring (bicyclic) bond motifs is 1. The SMILES string of the molecule is CC1CN(C2=CCNC=C2NCc2ccc3nccnc3c2)CCN1. The highest BCUT2D eigenvalue weighted by Gasteiger charge is 2.21. The molecule has 4 rings (SSSR count). The van der Waals surface area contributed by atoms with Crippen LogP contribution >= 0.6 is 0 Å². The van der Waals surface area contributed by atoms with Gasteiger partial charge in [-0.3, -0.25) is 9.97 Å². The van der Waals surface area contributed by atoms with Crippen LogP contribution in [-0.2, 0) is 6.54 Å². The molecule has 0 amide bonds. The first-order chi connectivity index (χ1) is 12.3. The lowest BCUT2D eigenvalue weighted by molar-refractivity contribution is 0.256. The Labute approximate surface area is 148 Å². The third-order valence-electron chi connectivity index (χ3n) is 4.66. The van der Waals surface area contributed by atoms with E-state index in [1.807, 2.05) is 6.07 Å². The Morgan fingerprint density at radius 3 is 3.00 bits per heavy atom. The molecule has 1 atom stereocenters. The average Bonchev–Trinajstić information content (AvgIpc) is 2.66. The number of benzene rings is 1. The molecule has 0 bridgehead atoms. The van der Waals surface area contributed by atoms with E-state index in [0.717, 1.165) is 49.5 Å². The molecule has 1 aromatic carbocycles. The number of nitrogens with zero attached hydrogens (tertiary/aromatic N) is 3. The monoisotopic (exact) mass is 336 g/mol. The summed E-state index contributed by atoms with van der Waals surface area (Å²) in [4.78, 5) is 11.2. The number of hydrogen-bond acceptors (Lipinski definition) is 6. The molecule has 130 valence electrons. The molecule has 0 saturated carbocycles. The van der Waals surface area contributed by atoms with Crippen LogP contribution in [0.4, 0.5) is 0 Å². The minimum Gasteiger partial charge on any atom is -0.386 e. The zero-order chi connectivity index (χ0) is 17.1. The van der Waals surface area contributed by atoms with Crippen molar-refractivity contribution in [3.8, 4) is 0 Å². The Hall–Kier alpha value is -2.60. The van der Waals surface area contributed by atoms with Gasteiger partial charge in [0.15, 0.2) is 0 Å². The standard InChI is InChI=1S/C19H24N6/c1-14-13-25(9-8-21-14)19-4-5-20-12-18(19)24-11-15-2-3-16-17(10-15)23-7-6-22-16/h2-4,6-7,10,12,14,20-21,24H,5,8-9,11,13H2,1H3. The van der Waals surface area contributed by atoms with Crippen LogP contribution < -0.4 is 16.0 Å². The summed E-state index contributed by atoms with van der Waals surface area (Å²) in [5, 5.41) is 10.4. The first kappa shape index (κ1) is 15.9. The maximum Gasteiger partial charge on any atom is 0.0890 e. The highest BCUT2D eigenvalue weighted by Crippen LogP contribution is 2.18. The molecule has 1 fully saturated rings. The highest BCUT2D eigenvalue weighted by atomic mass is 15.2. The number of piperazine rings is 1. The fourth-order valence-corrected chi connectivity index (χ4v) is 3.41. The Morgan fingerprint density at radius 1 is 1.24 bits per heavy atom. The minimum atomic E-state index is 0.518. The van der Waals surface area contributed by atoms with Crippen molar-refractivity contribution in [1.82, 2.24) is 30.8 Å². The topological polar surface area (TPSA) is 65.1 Å². The Kier molecular flexibility index (Phi) is 4.52. The van der Waals surface area contributed by atoms with Crippen LogP contribution in [0.25, 0.3) is 11.0 Å². The molecule has 2 aliphatic heterocycles. The molecule has 6 heteroatoms. The van der Waals surface area contributed by atoms with Crippen LogP contribution in [-0.4, -0.2) is 47.1 Å². The average molecular weight is 336 g/mol. The normalized spacial score (nSPS) is 20.7. The van der Waals surface area contributed by atoms with Crippen LogP contribution in [0.3, 0.4) is 0 Å². The summed E-state index contributed by atoms with van der Waals surface area (Å²) < 4.78 is 0. The summed E-state index contributed by atoms with van der Waals surface area (Å²) in [6, 6.07) is 6.76. The van der Waals surface area contributed by atoms with Gasteiger partial charge >= 0.3 is 0 Å². The summed E-state index contributed by atoms with van der Waals surface area (Å²) in [7, 11) is 0. The summed E-state index contributed by atoms with van der Waals surface area (Å²) >= 11 is 0. The van der Waals surface area contributed by atoms with Gasteiger partial charge in [0, 0.05) is 57.4 Å². The smallest absolute Gasteiger partial charge is 0.0890 e. The zero-order valence-electron chi connectivity index (χ0n) is 14.5. The Morgan fingerprint density at radius 2 is 2.12 bits per heavy atom. The first-order valence-corrected chi connectivity index (χ1v) is 8.85. The molecular weight excluding hydrogens is 312 g/mol. The van der Waals surface area contributed by atoms with E-state index in [1.54, 1.807) is 12.4 Å². The van der Waals surface area contributed by atoms with E-state index < -0.39 is 0 Å². The number of aromatic nitrogens is 2. The maximum absolute atomic E-state index is 4.39. The van der Waals surface area contributed by atoms with Gasteiger partial charge in [-0.05, 0) is 30.7 Å². The second-order valence-electron chi connectivity index (χ2n) is 6.59. The number of hydrogen-bond donors (Lipinski definition) is 3. The van der Waals surface area contributed by atoms with Crippen LogP contribution in [0.5, 0.6) is 0 Å². The van der Waals surface area contributed by atoms with Gasteiger partial charge in [-0.25, -0.2) is 0 Å². The second kappa shape index (κ2) is 7.11. The van der Waals surface area contributed by atoms with E-state index in [-0.39, 0.29) is 0 Å². The fourth-order valence-electron chi connectivity index (χ4n) is 3.41. The van der Waals surface area contributed by atoms with Crippen LogP contribution in [0, 0.1) is 0 Å². The molecule has 3 heterocycles. The van der Waals surface area contributed by atoms with E-state index in [4.69, 9.17) is 0 Å². The second-order valence-corrected chi connectivity index (χ2v) is 6.59. The molecule has 3 N–H and O–H groups in total. The van der Waals surface area contributed by atoms with Crippen molar-refractivity contribution in [2.24, 2.45) is 0 Å². The van der Waals surface area contributed by atoms with Gasteiger partial charge in [0.1, 0.15) is 0 Å². The minimum absolute atomic E-state index is 0.518. The van der Waals surface area contributed by atoms with E-state index in [2.05, 4.69) is 62.2 Å². The van der Waals surface area contributed by atoms with Crippen molar-refractivity contribution in [1.29, 1.82) is 0 Å². The zero-order valence-corrected chi connectivity index (χ0v) is 14.5. The number of nitrogens with one attached hydrogen (secondary N) is 3. The predicted molar refractivity (Wildman–Crippen MR) is 99.6 cm³/mol. The highest BCUT2D eigenvalue weighted by molar-refractivity contribution is 5.74. The van der Waals surface area contributed by atoms with Gasteiger partial charge in [0.05, 0.1) is 22.4 Å². The van der Waals surface area contributed by atoms with E-state index in [0.29, 0.717) is 6.04 Å². The van der Waals surface area contributed by atoms with Gasteiger partial charge < -0.3 is 20.9 Å². The number of dihydropyridines is 1. The van der Waals surface area contributed by atoms with E-state index in [9.17, 15) is 0 Å². The van der Waals surface area contributed by atoms with Crippen LogP contribution in [0.15, 0.2) is 54.3 Å². The molecule has 25 heavy (non-hydrogen) atoms. The quantitative estimate of drug-likeness (QED) is 0.783. The molecule has 1 unspecified atom stereocenters. The Balaban J connectivity index is 1.46. The van der Waals surface area contributed by atoms with Crippen molar-refractivity contribution in [3.05, 3.63) is 59.8 Å². The summed E-state index contributed by atoms with van der Waals surface area (Å²) in [5.74, 6) is 0. The maximum atomic E-state index is 4.39. The van der Waals surface area contributed by atoms with Crippen molar-refractivity contribution in [2.45, 2.75) is 19.5 Å². The summed E-state index contributed by atoms with van der Waals surface area (Å²) in [6.07, 6.45) is 7.82. The van der Waals surface area contributed by atoms with Crippen LogP contribution in [0.1, 0.15) is 12.5 Å². The molecule has 0 aliphatic carbocycles. The molecule has 0 radical (unpaired) electrons. The molecular formula is C19H24N6.